The molecule has 0 aromatic heterocycles. The van der Waals surface area contributed by atoms with Gasteiger partial charge in [-0.05, 0) is 60.9 Å². The van der Waals surface area contributed by atoms with E-state index in [9.17, 15) is 14.3 Å². The van der Waals surface area contributed by atoms with E-state index in [1.54, 1.807) is 6.07 Å². The molecule has 3 aromatic carbocycles. The van der Waals surface area contributed by atoms with E-state index in [4.69, 9.17) is 4.78 Å². The zero-order valence-corrected chi connectivity index (χ0v) is 24.9. The van der Waals surface area contributed by atoms with Crippen molar-refractivity contribution in [3.63, 3.8) is 0 Å². The second-order valence-corrected chi connectivity index (χ2v) is 13.2. The smallest absolute Gasteiger partial charge is 0.254 e. The summed E-state index contributed by atoms with van der Waals surface area (Å²) in [6.45, 7) is 10.8. The minimum absolute atomic E-state index is 0.0504. The molecule has 2 heterocycles. The van der Waals surface area contributed by atoms with Crippen LogP contribution in [0.15, 0.2) is 65.6 Å². The number of carbonyl (C=O) groups excluding carboxylic acids is 1. The minimum Gasteiger partial charge on any atom is -0.368 e. The fourth-order valence-electron chi connectivity index (χ4n) is 5.90. The Morgan fingerprint density at radius 1 is 0.854 bits per heavy atom. The standard InChI is InChI=1S/C32H38N6O2S/c1-24-20-25(2)28(21-27(24)23-35-12-14-36(15-13-35)29-9-5-4-8-26(29)22-33)32(39)38-18-16-37(17-19-38)30-10-6-7-11-31(30)41(3,34)40/h4-11,20-21,34H,12-19,23H2,1-3H3/t41-/m0/s1. The molecule has 2 aliphatic rings. The molecule has 1 amide bonds. The van der Waals surface area contributed by atoms with Crippen LogP contribution in [0.5, 0.6) is 0 Å². The lowest BCUT2D eigenvalue weighted by molar-refractivity contribution is 0.0745. The lowest BCUT2D eigenvalue weighted by atomic mass is 9.98. The fraction of sp³-hybridized carbons (Fsp3) is 0.375. The van der Waals surface area contributed by atoms with E-state index >= 15 is 0 Å². The Labute approximate surface area is 243 Å². The maximum atomic E-state index is 13.7. The van der Waals surface area contributed by atoms with E-state index < -0.39 is 9.73 Å². The number of rotatable bonds is 6. The van der Waals surface area contributed by atoms with Crippen LogP contribution in [-0.2, 0) is 16.3 Å². The summed E-state index contributed by atoms with van der Waals surface area (Å²) < 4.78 is 20.6. The van der Waals surface area contributed by atoms with Gasteiger partial charge in [0, 0.05) is 70.7 Å². The van der Waals surface area contributed by atoms with Crippen LogP contribution in [0.1, 0.15) is 32.6 Å². The van der Waals surface area contributed by atoms with Gasteiger partial charge in [-0.2, -0.15) is 5.26 Å². The van der Waals surface area contributed by atoms with Crippen LogP contribution >= 0.6 is 0 Å². The summed E-state index contributed by atoms with van der Waals surface area (Å²) in [6, 6.07) is 21.7. The highest BCUT2D eigenvalue weighted by molar-refractivity contribution is 7.91. The van der Waals surface area contributed by atoms with Crippen molar-refractivity contribution in [3.05, 3.63) is 88.5 Å². The Morgan fingerprint density at radius 2 is 1.44 bits per heavy atom. The zero-order valence-electron chi connectivity index (χ0n) is 24.1. The first-order valence-electron chi connectivity index (χ1n) is 14.1. The normalized spacial score (nSPS) is 17.7. The van der Waals surface area contributed by atoms with Crippen molar-refractivity contribution in [3.8, 4) is 6.07 Å². The maximum Gasteiger partial charge on any atom is 0.254 e. The summed E-state index contributed by atoms with van der Waals surface area (Å²) in [5.74, 6) is 0.0504. The molecule has 0 saturated carbocycles. The number of nitriles is 1. The molecule has 9 heteroatoms. The number of anilines is 2. The molecule has 1 atom stereocenters. The summed E-state index contributed by atoms with van der Waals surface area (Å²) in [4.78, 5) is 23.0. The molecule has 0 unspecified atom stereocenters. The van der Waals surface area contributed by atoms with Crippen molar-refractivity contribution in [1.29, 1.82) is 10.0 Å². The molecule has 5 rings (SSSR count). The van der Waals surface area contributed by atoms with Crippen molar-refractivity contribution in [2.24, 2.45) is 0 Å². The molecule has 8 nitrogen and oxygen atoms in total. The van der Waals surface area contributed by atoms with Crippen molar-refractivity contribution in [1.82, 2.24) is 9.80 Å². The van der Waals surface area contributed by atoms with Gasteiger partial charge in [-0.1, -0.05) is 30.3 Å². The molecule has 0 radical (unpaired) electrons. The van der Waals surface area contributed by atoms with Crippen LogP contribution in [0.3, 0.4) is 0 Å². The second kappa shape index (κ2) is 11.9. The van der Waals surface area contributed by atoms with Gasteiger partial charge in [0.2, 0.25) is 0 Å². The third-order valence-electron chi connectivity index (χ3n) is 8.24. The van der Waals surface area contributed by atoms with Crippen molar-refractivity contribution in [2.45, 2.75) is 25.3 Å². The summed E-state index contributed by atoms with van der Waals surface area (Å²) in [7, 11) is -2.84. The molecule has 2 aliphatic heterocycles. The van der Waals surface area contributed by atoms with Gasteiger partial charge < -0.3 is 14.7 Å². The van der Waals surface area contributed by atoms with E-state index in [0.717, 1.165) is 55.2 Å². The SMILES string of the molecule is Cc1cc(C)c(C(=O)N2CCN(c3ccccc3[S@@](C)(=N)=O)CC2)cc1CN1CCN(c2ccccc2C#N)CC1. The summed E-state index contributed by atoms with van der Waals surface area (Å²) in [5, 5.41) is 9.48. The number of nitrogens with zero attached hydrogens (tertiary/aromatic N) is 5. The van der Waals surface area contributed by atoms with E-state index in [1.165, 1.54) is 17.4 Å². The average molecular weight is 571 g/mol. The van der Waals surface area contributed by atoms with Crippen molar-refractivity contribution < 1.29 is 9.00 Å². The predicted molar refractivity (Wildman–Crippen MR) is 164 cm³/mol. The summed E-state index contributed by atoms with van der Waals surface area (Å²) in [5.41, 5.74) is 6.64. The fourth-order valence-corrected chi connectivity index (χ4v) is 6.83. The third-order valence-corrected chi connectivity index (χ3v) is 9.42. The topological polar surface area (TPSA) is 94.7 Å². The molecule has 3 aromatic rings. The highest BCUT2D eigenvalue weighted by Crippen LogP contribution is 2.28. The van der Waals surface area contributed by atoms with Crippen LogP contribution in [-0.4, -0.2) is 78.5 Å². The molecule has 214 valence electrons. The van der Waals surface area contributed by atoms with Crippen LogP contribution in [0, 0.1) is 30.0 Å². The Hall–Kier alpha value is -3.87. The average Bonchev–Trinajstić information content (AvgIpc) is 2.98. The van der Waals surface area contributed by atoms with Crippen LogP contribution in [0.4, 0.5) is 11.4 Å². The molecular weight excluding hydrogens is 532 g/mol. The third kappa shape index (κ3) is 6.24. The second-order valence-electron chi connectivity index (χ2n) is 11.1. The molecule has 0 bridgehead atoms. The Kier molecular flexibility index (Phi) is 8.34. The van der Waals surface area contributed by atoms with Gasteiger partial charge in [0.25, 0.3) is 5.91 Å². The maximum absolute atomic E-state index is 13.7. The number of hydrogen-bond donors (Lipinski definition) is 1. The Bertz CT molecular complexity index is 1580. The predicted octanol–water partition coefficient (Wildman–Crippen LogP) is 4.50. The quantitative estimate of drug-likeness (QED) is 0.469. The van der Waals surface area contributed by atoms with Gasteiger partial charge in [0.1, 0.15) is 6.07 Å². The van der Waals surface area contributed by atoms with Gasteiger partial charge in [0.15, 0.2) is 0 Å². The monoisotopic (exact) mass is 570 g/mol. The van der Waals surface area contributed by atoms with Crippen LogP contribution < -0.4 is 9.80 Å². The number of amides is 1. The lowest BCUT2D eigenvalue weighted by Gasteiger charge is -2.37. The van der Waals surface area contributed by atoms with Crippen molar-refractivity contribution in [2.75, 3.05) is 68.4 Å². The first-order chi connectivity index (χ1) is 19.7. The molecule has 2 saturated heterocycles. The molecule has 1 N–H and O–H groups in total. The van der Waals surface area contributed by atoms with Crippen LogP contribution in [0.25, 0.3) is 0 Å². The van der Waals surface area contributed by atoms with E-state index in [0.29, 0.717) is 36.6 Å². The van der Waals surface area contributed by atoms with Gasteiger partial charge >= 0.3 is 0 Å². The van der Waals surface area contributed by atoms with Crippen molar-refractivity contribution >= 4 is 27.0 Å². The highest BCUT2D eigenvalue weighted by atomic mass is 32.2. The number of piperazine rings is 2. The number of benzene rings is 3. The minimum atomic E-state index is -2.84. The van der Waals surface area contributed by atoms with Gasteiger partial charge in [0.05, 0.1) is 31.6 Å². The number of carbonyl (C=O) groups is 1. The summed E-state index contributed by atoms with van der Waals surface area (Å²) >= 11 is 0. The van der Waals surface area contributed by atoms with E-state index in [1.807, 2.05) is 54.3 Å². The number of hydrogen-bond acceptors (Lipinski definition) is 7. The molecule has 41 heavy (non-hydrogen) atoms. The van der Waals surface area contributed by atoms with E-state index in [2.05, 4.69) is 39.8 Å². The first kappa shape index (κ1) is 28.7. The first-order valence-corrected chi connectivity index (χ1v) is 16.1. The van der Waals surface area contributed by atoms with Gasteiger partial charge in [-0.3, -0.25) is 9.69 Å². The van der Waals surface area contributed by atoms with E-state index in [-0.39, 0.29) is 5.91 Å². The molecular formula is C32H38N6O2S. The Morgan fingerprint density at radius 3 is 2.10 bits per heavy atom. The molecule has 0 spiro atoms. The summed E-state index contributed by atoms with van der Waals surface area (Å²) in [6.07, 6.45) is 1.46. The lowest BCUT2D eigenvalue weighted by Crippen LogP contribution is -2.49. The number of aryl methyl sites for hydroxylation is 2. The Balaban J connectivity index is 1.24. The molecule has 2 fully saturated rings. The van der Waals surface area contributed by atoms with Crippen LogP contribution in [0.2, 0.25) is 0 Å². The zero-order chi connectivity index (χ0) is 29.1. The number of para-hydroxylation sites is 2. The van der Waals surface area contributed by atoms with Gasteiger partial charge in [-0.25, -0.2) is 8.99 Å². The van der Waals surface area contributed by atoms with Gasteiger partial charge in [-0.15, -0.1) is 0 Å². The largest absolute Gasteiger partial charge is 0.368 e. The number of nitrogens with one attached hydrogen (secondary N) is 1. The highest BCUT2D eigenvalue weighted by Gasteiger charge is 2.26. The molecule has 0 aliphatic carbocycles.